The number of hydrogen-bond acceptors (Lipinski definition) is 2. The van der Waals surface area contributed by atoms with Crippen molar-refractivity contribution in [2.45, 2.75) is 24.2 Å². The Morgan fingerprint density at radius 2 is 2.00 bits per heavy atom. The van der Waals surface area contributed by atoms with Crippen molar-refractivity contribution in [3.8, 4) is 0 Å². The summed E-state index contributed by atoms with van der Waals surface area (Å²) < 4.78 is -0.630. The second kappa shape index (κ2) is 5.46. The number of alkyl halides is 1. The Kier molecular flexibility index (Phi) is 4.50. The molecule has 1 aromatic carbocycles. The minimum absolute atomic E-state index is 0.112. The highest BCUT2D eigenvalue weighted by molar-refractivity contribution is 9.10. The highest BCUT2D eigenvalue weighted by Gasteiger charge is 2.26. The van der Waals surface area contributed by atoms with Crippen LogP contribution in [0.3, 0.4) is 0 Å². The Labute approximate surface area is 104 Å². The average molecular weight is 286 g/mol. The minimum atomic E-state index is -0.630. The van der Waals surface area contributed by atoms with Crippen molar-refractivity contribution in [1.82, 2.24) is 5.32 Å². The number of carbonyl (C=O) groups excluding carboxylic acids is 1. The molecule has 2 N–H and O–H groups in total. The first-order valence-corrected chi connectivity index (χ1v) is 5.90. The van der Waals surface area contributed by atoms with Crippen molar-refractivity contribution in [1.29, 1.82) is 0 Å². The molecule has 1 unspecified atom stereocenters. The SMILES string of the molecule is CC(C)(Br)C(=O)NC(CO)c1ccccc1. The molecule has 1 amide bonds. The highest BCUT2D eigenvalue weighted by atomic mass is 79.9. The first-order valence-electron chi connectivity index (χ1n) is 5.11. The van der Waals surface area contributed by atoms with Crippen LogP contribution in [0.15, 0.2) is 30.3 Å². The summed E-state index contributed by atoms with van der Waals surface area (Å²) in [5.74, 6) is -0.143. The molecule has 0 radical (unpaired) electrons. The summed E-state index contributed by atoms with van der Waals surface area (Å²) in [4.78, 5) is 11.7. The summed E-state index contributed by atoms with van der Waals surface area (Å²) in [6.45, 7) is 3.42. The minimum Gasteiger partial charge on any atom is -0.394 e. The van der Waals surface area contributed by atoms with Crippen LogP contribution in [0.4, 0.5) is 0 Å². The van der Waals surface area contributed by atoms with E-state index >= 15 is 0 Å². The van der Waals surface area contributed by atoms with Gasteiger partial charge in [-0.15, -0.1) is 0 Å². The summed E-state index contributed by atoms with van der Waals surface area (Å²) in [7, 11) is 0. The number of aliphatic hydroxyl groups is 1. The molecular formula is C12H16BrNO2. The third-order valence-corrected chi connectivity index (χ3v) is 2.59. The molecule has 88 valence electrons. The molecule has 0 heterocycles. The normalized spacial score (nSPS) is 13.2. The van der Waals surface area contributed by atoms with Crippen LogP contribution >= 0.6 is 15.9 Å². The van der Waals surface area contributed by atoms with Crippen molar-refractivity contribution >= 4 is 21.8 Å². The summed E-state index contributed by atoms with van der Waals surface area (Å²) in [6, 6.07) is 9.05. The molecule has 0 bridgehead atoms. The first kappa shape index (κ1) is 13.2. The monoisotopic (exact) mass is 285 g/mol. The van der Waals surface area contributed by atoms with Gasteiger partial charge in [0.05, 0.1) is 17.0 Å². The van der Waals surface area contributed by atoms with E-state index in [4.69, 9.17) is 0 Å². The van der Waals surface area contributed by atoms with Crippen molar-refractivity contribution in [3.63, 3.8) is 0 Å². The van der Waals surface area contributed by atoms with Gasteiger partial charge in [-0.1, -0.05) is 46.3 Å². The number of nitrogens with one attached hydrogen (secondary N) is 1. The Bertz CT molecular complexity index is 346. The van der Waals surface area contributed by atoms with Gasteiger partial charge in [0.1, 0.15) is 0 Å². The van der Waals surface area contributed by atoms with E-state index in [0.29, 0.717) is 0 Å². The van der Waals surface area contributed by atoms with Gasteiger partial charge >= 0.3 is 0 Å². The predicted octanol–water partition coefficient (Wildman–Crippen LogP) is 2.01. The van der Waals surface area contributed by atoms with Crippen molar-refractivity contribution in [2.24, 2.45) is 0 Å². The third kappa shape index (κ3) is 3.61. The first-order chi connectivity index (χ1) is 7.45. The zero-order valence-corrected chi connectivity index (χ0v) is 11.0. The van der Waals surface area contributed by atoms with Crippen molar-refractivity contribution in [3.05, 3.63) is 35.9 Å². The molecule has 0 aliphatic rings. The zero-order valence-electron chi connectivity index (χ0n) is 9.40. The molecule has 16 heavy (non-hydrogen) atoms. The molecule has 1 aromatic rings. The number of carbonyl (C=O) groups is 1. The van der Waals surface area contributed by atoms with Crippen LogP contribution in [-0.4, -0.2) is 21.9 Å². The van der Waals surface area contributed by atoms with E-state index in [1.54, 1.807) is 13.8 Å². The Hall–Kier alpha value is -0.870. The van der Waals surface area contributed by atoms with Crippen LogP contribution in [-0.2, 0) is 4.79 Å². The lowest BCUT2D eigenvalue weighted by Gasteiger charge is -2.22. The van der Waals surface area contributed by atoms with Crippen LogP contribution in [0.5, 0.6) is 0 Å². The number of benzene rings is 1. The summed E-state index contributed by atoms with van der Waals surface area (Å²) in [6.07, 6.45) is 0. The van der Waals surface area contributed by atoms with Gasteiger partial charge in [-0.25, -0.2) is 0 Å². The fourth-order valence-corrected chi connectivity index (χ4v) is 1.36. The second-order valence-corrected chi connectivity index (χ2v) is 6.07. The maximum absolute atomic E-state index is 11.7. The molecule has 3 nitrogen and oxygen atoms in total. The third-order valence-electron chi connectivity index (χ3n) is 2.23. The van der Waals surface area contributed by atoms with Gasteiger partial charge < -0.3 is 10.4 Å². The lowest BCUT2D eigenvalue weighted by atomic mass is 10.1. The van der Waals surface area contributed by atoms with Crippen LogP contribution < -0.4 is 5.32 Å². The van der Waals surface area contributed by atoms with E-state index in [0.717, 1.165) is 5.56 Å². The maximum Gasteiger partial charge on any atom is 0.236 e. The summed E-state index contributed by atoms with van der Waals surface area (Å²) in [5.41, 5.74) is 0.898. The summed E-state index contributed by atoms with van der Waals surface area (Å²) in [5, 5.41) is 12.1. The largest absolute Gasteiger partial charge is 0.394 e. The lowest BCUT2D eigenvalue weighted by molar-refractivity contribution is -0.123. The predicted molar refractivity (Wildman–Crippen MR) is 67.4 cm³/mol. The number of aliphatic hydroxyl groups excluding tert-OH is 1. The van der Waals surface area contributed by atoms with Crippen LogP contribution in [0.2, 0.25) is 0 Å². The standard InChI is InChI=1S/C12H16BrNO2/c1-12(2,13)11(16)14-10(8-15)9-6-4-3-5-7-9/h3-7,10,15H,8H2,1-2H3,(H,14,16). The van der Waals surface area contributed by atoms with Gasteiger partial charge in [-0.2, -0.15) is 0 Å². The topological polar surface area (TPSA) is 49.3 Å². The van der Waals surface area contributed by atoms with E-state index in [2.05, 4.69) is 21.2 Å². The van der Waals surface area contributed by atoms with Gasteiger partial charge in [-0.05, 0) is 19.4 Å². The number of halogens is 1. The van der Waals surface area contributed by atoms with E-state index in [9.17, 15) is 9.90 Å². The van der Waals surface area contributed by atoms with Crippen molar-refractivity contribution in [2.75, 3.05) is 6.61 Å². The molecular weight excluding hydrogens is 270 g/mol. The highest BCUT2D eigenvalue weighted by Crippen LogP contribution is 2.19. The van der Waals surface area contributed by atoms with Gasteiger partial charge in [0.2, 0.25) is 5.91 Å². The van der Waals surface area contributed by atoms with Gasteiger partial charge in [-0.3, -0.25) is 4.79 Å². The Morgan fingerprint density at radius 3 is 2.44 bits per heavy atom. The smallest absolute Gasteiger partial charge is 0.236 e. The van der Waals surface area contributed by atoms with E-state index in [1.165, 1.54) is 0 Å². The lowest BCUT2D eigenvalue weighted by Crippen LogP contribution is -2.40. The molecule has 1 atom stereocenters. The van der Waals surface area contributed by atoms with Crippen LogP contribution in [0.1, 0.15) is 25.5 Å². The Balaban J connectivity index is 2.75. The average Bonchev–Trinajstić information content (AvgIpc) is 2.25. The molecule has 0 saturated carbocycles. The van der Waals surface area contributed by atoms with Crippen molar-refractivity contribution < 1.29 is 9.90 Å². The quantitative estimate of drug-likeness (QED) is 0.832. The molecule has 0 aliphatic heterocycles. The number of hydrogen-bond donors (Lipinski definition) is 2. The summed E-state index contributed by atoms with van der Waals surface area (Å²) >= 11 is 3.28. The molecule has 0 aliphatic carbocycles. The van der Waals surface area contributed by atoms with E-state index < -0.39 is 4.32 Å². The number of amides is 1. The van der Waals surface area contributed by atoms with E-state index in [1.807, 2.05) is 30.3 Å². The van der Waals surface area contributed by atoms with Gasteiger partial charge in [0, 0.05) is 0 Å². The van der Waals surface area contributed by atoms with Crippen LogP contribution in [0.25, 0.3) is 0 Å². The fraction of sp³-hybridized carbons (Fsp3) is 0.417. The zero-order chi connectivity index (χ0) is 12.2. The maximum atomic E-state index is 11.7. The molecule has 0 fully saturated rings. The molecule has 4 heteroatoms. The fourth-order valence-electron chi connectivity index (χ4n) is 1.25. The second-order valence-electron chi connectivity index (χ2n) is 4.09. The van der Waals surface area contributed by atoms with Gasteiger partial charge in [0.25, 0.3) is 0 Å². The van der Waals surface area contributed by atoms with E-state index in [-0.39, 0.29) is 18.6 Å². The van der Waals surface area contributed by atoms with Crippen LogP contribution in [0, 0.1) is 0 Å². The van der Waals surface area contributed by atoms with Gasteiger partial charge in [0.15, 0.2) is 0 Å². The molecule has 0 aromatic heterocycles. The molecule has 0 saturated heterocycles. The molecule has 1 rings (SSSR count). The number of rotatable bonds is 4. The molecule has 0 spiro atoms. The Morgan fingerprint density at radius 1 is 1.44 bits per heavy atom.